The third-order valence-electron chi connectivity index (χ3n) is 5.56. The lowest BCUT2D eigenvalue weighted by Crippen LogP contribution is -2.24. The number of alkyl halides is 3. The van der Waals surface area contributed by atoms with E-state index in [-0.39, 0.29) is 17.6 Å². The summed E-state index contributed by atoms with van der Waals surface area (Å²) in [5.74, 6) is -0.582. The first kappa shape index (κ1) is 25.0. The Bertz CT molecular complexity index is 1660. The van der Waals surface area contributed by atoms with Gasteiger partial charge in [-0.15, -0.1) is 13.2 Å². The molecule has 194 valence electrons. The fraction of sp³-hybridized carbons (Fsp3) is 0.125. The summed E-state index contributed by atoms with van der Waals surface area (Å²) in [4.78, 5) is 17.1. The number of anilines is 1. The van der Waals surface area contributed by atoms with E-state index in [1.165, 1.54) is 24.3 Å². The molecule has 5 aromatic rings. The Morgan fingerprint density at radius 2 is 1.82 bits per heavy atom. The molecule has 0 unspecified atom stereocenters. The van der Waals surface area contributed by atoms with Gasteiger partial charge in [0, 0.05) is 17.6 Å². The zero-order valence-corrected chi connectivity index (χ0v) is 20.3. The van der Waals surface area contributed by atoms with Gasteiger partial charge in [0.2, 0.25) is 11.6 Å². The van der Waals surface area contributed by atoms with Gasteiger partial charge in [0.05, 0.1) is 23.3 Å². The summed E-state index contributed by atoms with van der Waals surface area (Å²) in [6.07, 6.45) is -4.78. The third kappa shape index (κ3) is 5.52. The predicted molar refractivity (Wildman–Crippen MR) is 132 cm³/mol. The topological polar surface area (TPSA) is 115 Å². The summed E-state index contributed by atoms with van der Waals surface area (Å²) in [7, 11) is 1.82. The lowest BCUT2D eigenvalue weighted by Gasteiger charge is -2.09. The van der Waals surface area contributed by atoms with E-state index in [4.69, 9.17) is 11.6 Å². The maximum absolute atomic E-state index is 12.5. The van der Waals surface area contributed by atoms with Crippen LogP contribution in [-0.2, 0) is 13.6 Å². The number of nitrogens with zero attached hydrogens (tertiary/aromatic N) is 6. The quantitative estimate of drug-likeness (QED) is 0.326. The molecule has 0 aliphatic carbocycles. The molecule has 38 heavy (non-hydrogen) atoms. The fourth-order valence-corrected chi connectivity index (χ4v) is 4.02. The molecule has 0 saturated heterocycles. The Morgan fingerprint density at radius 3 is 2.47 bits per heavy atom. The second kappa shape index (κ2) is 10.0. The number of aromatic amines is 1. The second-order valence-electron chi connectivity index (χ2n) is 8.13. The maximum atomic E-state index is 12.5. The zero-order valence-electron chi connectivity index (χ0n) is 19.6. The minimum atomic E-state index is -4.78. The van der Waals surface area contributed by atoms with Gasteiger partial charge >= 0.3 is 6.36 Å². The Kier molecular flexibility index (Phi) is 6.59. The average molecular weight is 543 g/mol. The number of aryl methyl sites for hydroxylation is 1. The standard InChI is InChI=1S/C24H18ClF3N8O2/c1-35-20-12-16(25)6-11-19(20)36(23(35)29-17-7-9-18(10-8-17)38-24(26,27)28)13-14-2-4-15(5-3-14)21(37)30-22-31-33-34-32-22/h2-12H,13H2,1H3,(H2,30,31,32,33,34,37)/b29-23+. The second-order valence-corrected chi connectivity index (χ2v) is 8.57. The van der Waals surface area contributed by atoms with Crippen LogP contribution in [0.1, 0.15) is 15.9 Å². The van der Waals surface area contributed by atoms with Gasteiger partial charge < -0.3 is 13.9 Å². The van der Waals surface area contributed by atoms with Crippen LogP contribution in [0.3, 0.4) is 0 Å². The van der Waals surface area contributed by atoms with Crippen molar-refractivity contribution in [2.45, 2.75) is 12.9 Å². The number of H-pyrrole nitrogens is 1. The molecule has 1 amide bonds. The number of carbonyl (C=O) groups excluding carboxylic acids is 1. The number of aromatic nitrogens is 6. The monoisotopic (exact) mass is 542 g/mol. The van der Waals surface area contributed by atoms with Crippen molar-refractivity contribution in [2.75, 3.05) is 5.32 Å². The molecule has 2 aromatic heterocycles. The first-order chi connectivity index (χ1) is 18.2. The van der Waals surface area contributed by atoms with Crippen LogP contribution >= 0.6 is 11.6 Å². The number of nitrogens with one attached hydrogen (secondary N) is 2. The van der Waals surface area contributed by atoms with Crippen molar-refractivity contribution in [1.29, 1.82) is 0 Å². The Morgan fingerprint density at radius 1 is 1.08 bits per heavy atom. The number of hydrogen-bond acceptors (Lipinski definition) is 6. The van der Waals surface area contributed by atoms with Gasteiger partial charge in [-0.25, -0.2) is 10.1 Å². The summed E-state index contributed by atoms with van der Waals surface area (Å²) in [5, 5.41) is 16.0. The molecule has 5 rings (SSSR count). The van der Waals surface area contributed by atoms with Crippen LogP contribution < -0.4 is 15.7 Å². The minimum Gasteiger partial charge on any atom is -0.406 e. The van der Waals surface area contributed by atoms with Gasteiger partial charge in [-0.1, -0.05) is 28.8 Å². The van der Waals surface area contributed by atoms with Gasteiger partial charge in [-0.2, -0.15) is 0 Å². The first-order valence-electron chi connectivity index (χ1n) is 11.1. The number of fused-ring (bicyclic) bond motifs is 1. The molecule has 0 bridgehead atoms. The zero-order chi connectivity index (χ0) is 26.9. The lowest BCUT2D eigenvalue weighted by atomic mass is 10.1. The van der Waals surface area contributed by atoms with Crippen LogP contribution in [0.25, 0.3) is 11.0 Å². The molecule has 14 heteroatoms. The summed E-state index contributed by atoms with van der Waals surface area (Å²) >= 11 is 6.23. The van der Waals surface area contributed by atoms with E-state index < -0.39 is 6.36 Å². The van der Waals surface area contributed by atoms with E-state index in [2.05, 4.69) is 35.7 Å². The highest BCUT2D eigenvalue weighted by molar-refractivity contribution is 6.31. The minimum absolute atomic E-state index is 0.133. The highest BCUT2D eigenvalue weighted by Crippen LogP contribution is 2.25. The van der Waals surface area contributed by atoms with Gasteiger partial charge in [0.15, 0.2) is 0 Å². The molecule has 3 aromatic carbocycles. The van der Waals surface area contributed by atoms with Crippen molar-refractivity contribution in [3.05, 3.63) is 88.5 Å². The third-order valence-corrected chi connectivity index (χ3v) is 5.80. The Balaban J connectivity index is 1.48. The van der Waals surface area contributed by atoms with Crippen molar-refractivity contribution in [2.24, 2.45) is 12.0 Å². The molecule has 0 spiro atoms. The number of rotatable bonds is 6. The van der Waals surface area contributed by atoms with Gasteiger partial charge in [-0.3, -0.25) is 10.1 Å². The van der Waals surface area contributed by atoms with Crippen molar-refractivity contribution >= 4 is 40.2 Å². The first-order valence-corrected chi connectivity index (χ1v) is 11.4. The maximum Gasteiger partial charge on any atom is 0.573 e. The number of halogens is 4. The molecular formula is C24H18ClF3N8O2. The van der Waals surface area contributed by atoms with E-state index in [1.54, 1.807) is 24.3 Å². The molecule has 10 nitrogen and oxygen atoms in total. The van der Waals surface area contributed by atoms with Crippen LogP contribution in [0, 0.1) is 0 Å². The largest absolute Gasteiger partial charge is 0.573 e. The van der Waals surface area contributed by atoms with Crippen LogP contribution in [0.4, 0.5) is 24.8 Å². The van der Waals surface area contributed by atoms with Crippen molar-refractivity contribution in [3.8, 4) is 5.75 Å². The Hall–Kier alpha value is -4.65. The summed E-state index contributed by atoms with van der Waals surface area (Å²) in [6.45, 7) is 0.390. The highest BCUT2D eigenvalue weighted by Gasteiger charge is 2.31. The fourth-order valence-electron chi connectivity index (χ4n) is 3.85. The van der Waals surface area contributed by atoms with Gasteiger partial charge in [0.25, 0.3) is 5.91 Å². The summed E-state index contributed by atoms with van der Waals surface area (Å²) in [6, 6.07) is 17.7. The molecule has 0 atom stereocenters. The number of amides is 1. The van der Waals surface area contributed by atoms with Gasteiger partial charge in [0.1, 0.15) is 5.75 Å². The number of ether oxygens (including phenoxy) is 1. The van der Waals surface area contributed by atoms with E-state index >= 15 is 0 Å². The van der Waals surface area contributed by atoms with Crippen LogP contribution in [-0.4, -0.2) is 42.0 Å². The number of benzene rings is 3. The van der Waals surface area contributed by atoms with E-state index in [0.29, 0.717) is 28.4 Å². The van der Waals surface area contributed by atoms with Gasteiger partial charge in [-0.05, 0) is 70.6 Å². The Labute approximate surface area is 217 Å². The van der Waals surface area contributed by atoms with Crippen molar-refractivity contribution in [3.63, 3.8) is 0 Å². The van der Waals surface area contributed by atoms with Crippen LogP contribution in [0.5, 0.6) is 5.75 Å². The SMILES string of the molecule is Cn1/c(=N\c2ccc(OC(F)(F)F)cc2)n(Cc2ccc(C(=O)Nc3nnn[nH]3)cc2)c2ccc(Cl)cc21. The van der Waals surface area contributed by atoms with Crippen LogP contribution in [0.2, 0.25) is 5.02 Å². The molecule has 0 aliphatic rings. The molecule has 2 N–H and O–H groups in total. The molecule has 0 aliphatic heterocycles. The van der Waals surface area contributed by atoms with E-state index in [1.807, 2.05) is 34.4 Å². The summed E-state index contributed by atoms with van der Waals surface area (Å²) in [5.41, 5.74) is 3.90. The lowest BCUT2D eigenvalue weighted by molar-refractivity contribution is -0.274. The molecule has 2 heterocycles. The number of carbonyl (C=O) groups is 1. The number of tetrazole rings is 1. The molecular weight excluding hydrogens is 525 g/mol. The highest BCUT2D eigenvalue weighted by atomic mass is 35.5. The predicted octanol–water partition coefficient (Wildman–Crippen LogP) is 4.58. The van der Waals surface area contributed by atoms with E-state index in [0.717, 1.165) is 16.6 Å². The molecule has 0 saturated carbocycles. The van der Waals surface area contributed by atoms with Crippen LogP contribution in [0.15, 0.2) is 71.7 Å². The smallest absolute Gasteiger partial charge is 0.406 e. The molecule has 0 radical (unpaired) electrons. The molecule has 0 fully saturated rings. The average Bonchev–Trinajstić information content (AvgIpc) is 3.47. The van der Waals surface area contributed by atoms with Crippen molar-refractivity contribution < 1.29 is 22.7 Å². The summed E-state index contributed by atoms with van der Waals surface area (Å²) < 4.78 is 45.3. The van der Waals surface area contributed by atoms with Crippen molar-refractivity contribution in [1.82, 2.24) is 29.8 Å². The normalized spacial score (nSPS) is 12.2. The number of imidazole rings is 1. The van der Waals surface area contributed by atoms with E-state index in [9.17, 15) is 18.0 Å². The number of hydrogen-bond donors (Lipinski definition) is 2.